The lowest BCUT2D eigenvalue weighted by Gasteiger charge is -2.52. The van der Waals surface area contributed by atoms with E-state index in [1.165, 1.54) is 12.8 Å². The SMILES string of the molecule is CC1(C)COC2(CC[C@@]34O[C@]3(CC[C@@H]3C4=CC[C@]4(C)[C@@H](O)CC[C@@H]34)C2)OC1. The Balaban J connectivity index is 1.29. The molecule has 6 atom stereocenters. The fourth-order valence-corrected chi connectivity index (χ4v) is 7.55. The summed E-state index contributed by atoms with van der Waals surface area (Å²) in [5.41, 5.74) is 1.67. The van der Waals surface area contributed by atoms with Crippen molar-refractivity contribution in [2.45, 2.75) is 95.2 Å². The highest BCUT2D eigenvalue weighted by Crippen LogP contribution is 2.73. The number of aliphatic hydroxyl groups excluding tert-OH is 1. The van der Waals surface area contributed by atoms with Gasteiger partial charge in [0.1, 0.15) is 11.2 Å². The van der Waals surface area contributed by atoms with E-state index in [4.69, 9.17) is 14.2 Å². The Morgan fingerprint density at radius 3 is 2.56 bits per heavy atom. The molecule has 2 heterocycles. The fourth-order valence-electron chi connectivity index (χ4n) is 7.55. The van der Waals surface area contributed by atoms with Crippen molar-refractivity contribution >= 4 is 0 Å². The molecule has 0 aromatic rings. The van der Waals surface area contributed by atoms with Gasteiger partial charge in [-0.15, -0.1) is 0 Å². The van der Waals surface area contributed by atoms with E-state index in [1.54, 1.807) is 5.57 Å². The molecule has 1 N–H and O–H groups in total. The molecule has 2 aliphatic heterocycles. The maximum Gasteiger partial charge on any atom is 0.171 e. The summed E-state index contributed by atoms with van der Waals surface area (Å²) in [4.78, 5) is 0. The topological polar surface area (TPSA) is 51.2 Å². The first-order chi connectivity index (χ1) is 12.7. The molecule has 3 saturated carbocycles. The highest BCUT2D eigenvalue weighted by atomic mass is 16.7. The van der Waals surface area contributed by atoms with Crippen LogP contribution in [0.3, 0.4) is 0 Å². The molecule has 0 unspecified atom stereocenters. The lowest BCUT2D eigenvalue weighted by atomic mass is 9.54. The Hall–Kier alpha value is -0.420. The van der Waals surface area contributed by atoms with Gasteiger partial charge in [-0.2, -0.15) is 0 Å². The van der Waals surface area contributed by atoms with Gasteiger partial charge < -0.3 is 19.3 Å². The van der Waals surface area contributed by atoms with Crippen LogP contribution in [0.25, 0.3) is 0 Å². The number of allylic oxidation sites excluding steroid dienone is 1. The maximum atomic E-state index is 10.6. The number of aliphatic hydroxyl groups is 1. The number of ether oxygens (including phenoxy) is 3. The van der Waals surface area contributed by atoms with Gasteiger partial charge in [-0.3, -0.25) is 0 Å². The lowest BCUT2D eigenvalue weighted by Crippen LogP contribution is -2.56. The van der Waals surface area contributed by atoms with Crippen LogP contribution in [-0.2, 0) is 14.2 Å². The van der Waals surface area contributed by atoms with Crippen LogP contribution in [0.2, 0.25) is 0 Å². The predicted molar refractivity (Wildman–Crippen MR) is 101 cm³/mol. The van der Waals surface area contributed by atoms with E-state index < -0.39 is 5.79 Å². The molecule has 2 saturated heterocycles. The molecule has 0 aromatic carbocycles. The summed E-state index contributed by atoms with van der Waals surface area (Å²) in [6, 6.07) is 0. The van der Waals surface area contributed by atoms with Crippen LogP contribution in [0.15, 0.2) is 11.6 Å². The average molecular weight is 375 g/mol. The largest absolute Gasteiger partial charge is 0.393 e. The fraction of sp³-hybridized carbons (Fsp3) is 0.913. The van der Waals surface area contributed by atoms with Gasteiger partial charge in [-0.25, -0.2) is 0 Å². The third kappa shape index (κ3) is 2.09. The monoisotopic (exact) mass is 374 g/mol. The van der Waals surface area contributed by atoms with Crippen molar-refractivity contribution < 1.29 is 19.3 Å². The van der Waals surface area contributed by atoms with E-state index >= 15 is 0 Å². The summed E-state index contributed by atoms with van der Waals surface area (Å²) < 4.78 is 19.4. The zero-order valence-electron chi connectivity index (χ0n) is 17.1. The van der Waals surface area contributed by atoms with Gasteiger partial charge in [0.2, 0.25) is 0 Å². The average Bonchev–Trinajstić information content (AvgIpc) is 3.23. The minimum absolute atomic E-state index is 0.0459. The van der Waals surface area contributed by atoms with Gasteiger partial charge in [0.25, 0.3) is 0 Å². The van der Waals surface area contributed by atoms with Crippen molar-refractivity contribution in [1.29, 1.82) is 0 Å². The second kappa shape index (κ2) is 5.00. The van der Waals surface area contributed by atoms with E-state index in [0.29, 0.717) is 11.8 Å². The summed E-state index contributed by atoms with van der Waals surface area (Å²) in [5.74, 6) is 0.816. The van der Waals surface area contributed by atoms with Crippen molar-refractivity contribution in [1.82, 2.24) is 0 Å². The molecule has 0 aromatic heterocycles. The van der Waals surface area contributed by atoms with Crippen LogP contribution < -0.4 is 0 Å². The minimum atomic E-state index is -0.421. The van der Waals surface area contributed by atoms with Crippen LogP contribution in [0.1, 0.15) is 72.1 Å². The second-order valence-electron chi connectivity index (χ2n) is 11.5. The summed E-state index contributed by atoms with van der Waals surface area (Å²) in [7, 11) is 0. The third-order valence-electron chi connectivity index (χ3n) is 9.26. The summed E-state index contributed by atoms with van der Waals surface area (Å²) >= 11 is 0. The van der Waals surface area contributed by atoms with Crippen LogP contribution in [0.5, 0.6) is 0 Å². The highest BCUT2D eigenvalue weighted by Gasteiger charge is 2.79. The normalized spacial score (nSPS) is 54.4. The van der Waals surface area contributed by atoms with Gasteiger partial charge in [-0.05, 0) is 55.9 Å². The molecule has 0 radical (unpaired) electrons. The standard InChI is InChI=1S/C23H34O4/c1-19(2)13-25-22(26-14-19)10-11-23-17-7-8-20(3)16(4-5-18(20)24)15(17)6-9-21(23,12-22)27-23/h7,15-16,18,24H,4-6,8-14H2,1-3H3/t15-,16-,18-,20-,21+,23-/m0/s1. The Labute approximate surface area is 162 Å². The minimum Gasteiger partial charge on any atom is -0.393 e. The van der Waals surface area contributed by atoms with E-state index in [-0.39, 0.29) is 28.1 Å². The highest BCUT2D eigenvalue weighted by molar-refractivity contribution is 5.43. The molecule has 150 valence electrons. The first-order valence-corrected chi connectivity index (χ1v) is 11.1. The van der Waals surface area contributed by atoms with Gasteiger partial charge in [0.15, 0.2) is 5.79 Å². The molecule has 6 aliphatic rings. The zero-order valence-corrected chi connectivity index (χ0v) is 17.1. The van der Waals surface area contributed by atoms with Gasteiger partial charge >= 0.3 is 0 Å². The summed E-state index contributed by atoms with van der Waals surface area (Å²) in [6.45, 7) is 8.30. The van der Waals surface area contributed by atoms with E-state index in [1.807, 2.05) is 0 Å². The number of epoxide rings is 1. The molecule has 1 spiro atoms. The summed E-state index contributed by atoms with van der Waals surface area (Å²) in [6.07, 6.45) is 10.7. The van der Waals surface area contributed by atoms with Crippen molar-refractivity contribution in [2.75, 3.05) is 13.2 Å². The zero-order chi connectivity index (χ0) is 18.7. The van der Waals surface area contributed by atoms with Crippen LogP contribution in [-0.4, -0.2) is 41.4 Å². The van der Waals surface area contributed by atoms with Gasteiger partial charge in [0, 0.05) is 23.7 Å². The van der Waals surface area contributed by atoms with Gasteiger partial charge in [-0.1, -0.05) is 26.8 Å². The van der Waals surface area contributed by atoms with Crippen molar-refractivity contribution in [3.05, 3.63) is 11.6 Å². The molecular weight excluding hydrogens is 340 g/mol. The van der Waals surface area contributed by atoms with E-state index in [9.17, 15) is 5.11 Å². The number of hydrogen-bond donors (Lipinski definition) is 1. The maximum absolute atomic E-state index is 10.6. The van der Waals surface area contributed by atoms with Crippen molar-refractivity contribution in [3.8, 4) is 0 Å². The van der Waals surface area contributed by atoms with Crippen molar-refractivity contribution in [3.63, 3.8) is 0 Å². The third-order valence-corrected chi connectivity index (χ3v) is 9.26. The lowest BCUT2D eigenvalue weighted by molar-refractivity contribution is -0.313. The van der Waals surface area contributed by atoms with E-state index in [0.717, 1.165) is 51.7 Å². The summed E-state index contributed by atoms with van der Waals surface area (Å²) in [5, 5.41) is 10.6. The van der Waals surface area contributed by atoms with Crippen LogP contribution in [0.4, 0.5) is 0 Å². The quantitative estimate of drug-likeness (QED) is 0.515. The molecule has 0 bridgehead atoms. The Kier molecular flexibility index (Phi) is 3.23. The molecule has 4 aliphatic carbocycles. The molecule has 27 heavy (non-hydrogen) atoms. The number of hydrogen-bond acceptors (Lipinski definition) is 4. The molecular formula is C23H34O4. The Morgan fingerprint density at radius 1 is 1.00 bits per heavy atom. The molecule has 4 nitrogen and oxygen atoms in total. The molecule has 6 rings (SSSR count). The smallest absolute Gasteiger partial charge is 0.171 e. The molecule has 4 heteroatoms. The Morgan fingerprint density at radius 2 is 1.78 bits per heavy atom. The second-order valence-corrected chi connectivity index (χ2v) is 11.5. The van der Waals surface area contributed by atoms with E-state index in [2.05, 4.69) is 26.8 Å². The van der Waals surface area contributed by atoms with Crippen molar-refractivity contribution in [2.24, 2.45) is 22.7 Å². The Bertz CT molecular complexity index is 703. The molecule has 5 fully saturated rings. The number of fused-ring (bicyclic) bond motifs is 3. The predicted octanol–water partition coefficient (Wildman–Crippen LogP) is 3.96. The first-order valence-electron chi connectivity index (χ1n) is 11.1. The first kappa shape index (κ1) is 17.4. The van der Waals surface area contributed by atoms with Gasteiger partial charge in [0.05, 0.1) is 19.3 Å². The van der Waals surface area contributed by atoms with Crippen LogP contribution >= 0.6 is 0 Å². The number of rotatable bonds is 0. The van der Waals surface area contributed by atoms with Crippen LogP contribution in [0, 0.1) is 22.7 Å². The molecule has 0 amide bonds.